The lowest BCUT2D eigenvalue weighted by atomic mass is 9.96. The maximum Gasteiger partial charge on any atom is 0.317 e. The number of pyridine rings is 1. The summed E-state index contributed by atoms with van der Waals surface area (Å²) in [5.74, 6) is 0.684. The molecule has 138 valence electrons. The number of furan rings is 1. The summed E-state index contributed by atoms with van der Waals surface area (Å²) in [5, 5.41) is 5.86. The summed E-state index contributed by atoms with van der Waals surface area (Å²) < 4.78 is 5.21. The van der Waals surface area contributed by atoms with Crippen LogP contribution in [-0.2, 0) is 11.3 Å². The van der Waals surface area contributed by atoms with E-state index in [1.54, 1.807) is 23.4 Å². The molecule has 0 spiro atoms. The van der Waals surface area contributed by atoms with Crippen LogP contribution in [0.15, 0.2) is 47.2 Å². The van der Waals surface area contributed by atoms with Gasteiger partial charge in [0.15, 0.2) is 0 Å². The van der Waals surface area contributed by atoms with Crippen molar-refractivity contribution in [1.29, 1.82) is 0 Å². The van der Waals surface area contributed by atoms with E-state index in [0.717, 1.165) is 11.5 Å². The van der Waals surface area contributed by atoms with Gasteiger partial charge in [-0.1, -0.05) is 6.07 Å². The maximum absolute atomic E-state index is 12.4. The number of rotatable bonds is 5. The van der Waals surface area contributed by atoms with Crippen LogP contribution in [0.5, 0.6) is 0 Å². The van der Waals surface area contributed by atoms with E-state index in [1.165, 1.54) is 0 Å². The number of aromatic nitrogens is 1. The van der Waals surface area contributed by atoms with Gasteiger partial charge in [0.25, 0.3) is 0 Å². The first-order valence-corrected chi connectivity index (χ1v) is 8.90. The monoisotopic (exact) mass is 356 g/mol. The smallest absolute Gasteiger partial charge is 0.317 e. The van der Waals surface area contributed by atoms with Crippen LogP contribution in [0.4, 0.5) is 4.79 Å². The molecule has 7 nitrogen and oxygen atoms in total. The Kier molecular flexibility index (Phi) is 5.88. The van der Waals surface area contributed by atoms with E-state index in [-0.39, 0.29) is 23.9 Å². The van der Waals surface area contributed by atoms with Crippen LogP contribution in [0.1, 0.15) is 37.3 Å². The first kappa shape index (κ1) is 18.0. The summed E-state index contributed by atoms with van der Waals surface area (Å²) >= 11 is 0. The van der Waals surface area contributed by atoms with Gasteiger partial charge in [-0.25, -0.2) is 4.79 Å². The minimum absolute atomic E-state index is 0.0170. The normalized spacial score (nSPS) is 16.1. The van der Waals surface area contributed by atoms with Crippen LogP contribution < -0.4 is 10.6 Å². The molecule has 2 aromatic rings. The van der Waals surface area contributed by atoms with Gasteiger partial charge in [0.05, 0.1) is 24.5 Å². The highest BCUT2D eigenvalue weighted by Gasteiger charge is 2.28. The second-order valence-corrected chi connectivity index (χ2v) is 6.48. The maximum atomic E-state index is 12.4. The number of nitrogens with one attached hydrogen (secondary N) is 2. The average molecular weight is 356 g/mol. The number of likely N-dealkylation sites (tertiary alicyclic amines) is 1. The molecule has 1 saturated heterocycles. The van der Waals surface area contributed by atoms with Crippen LogP contribution in [0.2, 0.25) is 0 Å². The van der Waals surface area contributed by atoms with Crippen molar-refractivity contribution in [2.45, 2.75) is 32.4 Å². The molecule has 2 aromatic heterocycles. The van der Waals surface area contributed by atoms with E-state index < -0.39 is 0 Å². The molecule has 7 heteroatoms. The second-order valence-electron chi connectivity index (χ2n) is 6.48. The van der Waals surface area contributed by atoms with Crippen molar-refractivity contribution in [2.24, 2.45) is 5.92 Å². The Morgan fingerprint density at radius 2 is 2.08 bits per heavy atom. The van der Waals surface area contributed by atoms with Crippen molar-refractivity contribution >= 4 is 11.9 Å². The van der Waals surface area contributed by atoms with E-state index in [9.17, 15) is 9.59 Å². The first-order chi connectivity index (χ1) is 12.6. The van der Waals surface area contributed by atoms with Crippen molar-refractivity contribution in [3.8, 4) is 0 Å². The summed E-state index contributed by atoms with van der Waals surface area (Å²) in [6, 6.07) is 8.99. The van der Waals surface area contributed by atoms with Gasteiger partial charge in [-0.2, -0.15) is 0 Å². The first-order valence-electron chi connectivity index (χ1n) is 8.90. The SMILES string of the molecule is CC(NC(=O)N1CCC(C(=O)NCc2ccco2)CC1)c1ccccn1. The van der Waals surface area contributed by atoms with E-state index >= 15 is 0 Å². The lowest BCUT2D eigenvalue weighted by Gasteiger charge is -2.32. The minimum atomic E-state index is -0.155. The van der Waals surface area contributed by atoms with Crippen molar-refractivity contribution in [3.63, 3.8) is 0 Å². The fraction of sp³-hybridized carbons (Fsp3) is 0.421. The van der Waals surface area contributed by atoms with Gasteiger partial charge < -0.3 is 20.0 Å². The zero-order chi connectivity index (χ0) is 18.4. The Morgan fingerprint density at radius 1 is 1.27 bits per heavy atom. The molecule has 1 aliphatic rings. The number of carbonyl (C=O) groups excluding carboxylic acids is 2. The third kappa shape index (κ3) is 4.62. The quantitative estimate of drug-likeness (QED) is 0.861. The van der Waals surface area contributed by atoms with E-state index in [1.807, 2.05) is 31.2 Å². The van der Waals surface area contributed by atoms with E-state index in [4.69, 9.17) is 4.42 Å². The number of piperidine rings is 1. The fourth-order valence-corrected chi connectivity index (χ4v) is 3.06. The molecule has 26 heavy (non-hydrogen) atoms. The molecule has 2 N–H and O–H groups in total. The van der Waals surface area contributed by atoms with E-state index in [0.29, 0.717) is 32.5 Å². The second kappa shape index (κ2) is 8.51. The highest BCUT2D eigenvalue weighted by molar-refractivity contribution is 5.79. The Bertz CT molecular complexity index is 710. The lowest BCUT2D eigenvalue weighted by molar-refractivity contribution is -0.126. The van der Waals surface area contributed by atoms with Gasteiger partial charge in [0.1, 0.15) is 5.76 Å². The molecule has 1 fully saturated rings. The third-order valence-electron chi connectivity index (χ3n) is 4.64. The minimum Gasteiger partial charge on any atom is -0.467 e. The molecule has 3 rings (SSSR count). The average Bonchev–Trinajstić information content (AvgIpc) is 3.20. The molecule has 0 aromatic carbocycles. The Labute approximate surface area is 152 Å². The fourth-order valence-electron chi connectivity index (χ4n) is 3.06. The molecule has 3 heterocycles. The number of hydrogen-bond acceptors (Lipinski definition) is 4. The summed E-state index contributed by atoms with van der Waals surface area (Å²) in [7, 11) is 0. The molecule has 1 unspecified atom stereocenters. The molecule has 0 bridgehead atoms. The summed E-state index contributed by atoms with van der Waals surface area (Å²) in [6.45, 7) is 3.45. The molecule has 1 aliphatic heterocycles. The Balaban J connectivity index is 1.42. The van der Waals surface area contributed by atoms with Crippen molar-refractivity contribution in [3.05, 3.63) is 54.2 Å². The van der Waals surface area contributed by atoms with Gasteiger partial charge in [0, 0.05) is 25.2 Å². The lowest BCUT2D eigenvalue weighted by Crippen LogP contribution is -2.47. The number of hydrogen-bond donors (Lipinski definition) is 2. The van der Waals surface area contributed by atoms with Gasteiger partial charge >= 0.3 is 6.03 Å². The largest absolute Gasteiger partial charge is 0.467 e. The summed E-state index contributed by atoms with van der Waals surface area (Å²) in [5.41, 5.74) is 0.827. The molecular weight excluding hydrogens is 332 g/mol. The standard InChI is InChI=1S/C19H24N4O3/c1-14(17-6-2-3-9-20-17)22-19(25)23-10-7-15(8-11-23)18(24)21-13-16-5-4-12-26-16/h2-6,9,12,14-15H,7-8,10-11,13H2,1H3,(H,21,24)(H,22,25). The molecule has 0 aliphatic carbocycles. The van der Waals surface area contributed by atoms with Gasteiger partial charge in [-0.15, -0.1) is 0 Å². The number of urea groups is 1. The zero-order valence-electron chi connectivity index (χ0n) is 14.9. The highest BCUT2D eigenvalue weighted by Crippen LogP contribution is 2.18. The van der Waals surface area contributed by atoms with Crippen LogP contribution in [0, 0.1) is 5.92 Å². The van der Waals surface area contributed by atoms with Crippen molar-refractivity contribution in [2.75, 3.05) is 13.1 Å². The Hall–Kier alpha value is -2.83. The molecule has 1 atom stereocenters. The highest BCUT2D eigenvalue weighted by atomic mass is 16.3. The predicted octanol–water partition coefficient (Wildman–Crippen LogP) is 2.47. The molecule has 0 saturated carbocycles. The van der Waals surface area contributed by atoms with Gasteiger partial charge in [-0.3, -0.25) is 9.78 Å². The summed E-state index contributed by atoms with van der Waals surface area (Å²) in [4.78, 5) is 30.7. The van der Waals surface area contributed by atoms with Crippen LogP contribution >= 0.6 is 0 Å². The third-order valence-corrected chi connectivity index (χ3v) is 4.64. The molecular formula is C19H24N4O3. The van der Waals surface area contributed by atoms with Crippen LogP contribution in [-0.4, -0.2) is 34.9 Å². The topological polar surface area (TPSA) is 87.5 Å². The number of amides is 3. The van der Waals surface area contributed by atoms with Crippen LogP contribution in [0.3, 0.4) is 0 Å². The predicted molar refractivity (Wildman–Crippen MR) is 96.0 cm³/mol. The van der Waals surface area contributed by atoms with Gasteiger partial charge in [0.2, 0.25) is 5.91 Å². The van der Waals surface area contributed by atoms with Crippen molar-refractivity contribution in [1.82, 2.24) is 20.5 Å². The molecule has 3 amide bonds. The van der Waals surface area contributed by atoms with Gasteiger partial charge in [-0.05, 0) is 44.0 Å². The van der Waals surface area contributed by atoms with Crippen LogP contribution in [0.25, 0.3) is 0 Å². The number of carbonyl (C=O) groups is 2. The van der Waals surface area contributed by atoms with Crippen molar-refractivity contribution < 1.29 is 14.0 Å². The Morgan fingerprint density at radius 3 is 2.73 bits per heavy atom. The summed E-state index contributed by atoms with van der Waals surface area (Å²) in [6.07, 6.45) is 4.63. The van der Waals surface area contributed by atoms with E-state index in [2.05, 4.69) is 15.6 Å². The zero-order valence-corrected chi connectivity index (χ0v) is 14.9. The number of nitrogens with zero attached hydrogens (tertiary/aromatic N) is 2. The molecule has 0 radical (unpaired) electrons.